The second-order valence-corrected chi connectivity index (χ2v) is 9.74. The Morgan fingerprint density at radius 3 is 2.75 bits per heavy atom. The van der Waals surface area contributed by atoms with Gasteiger partial charge in [-0.05, 0) is 42.5 Å². The lowest BCUT2D eigenvalue weighted by Crippen LogP contribution is -2.43. The smallest absolute Gasteiger partial charge is 0.271 e. The third kappa shape index (κ3) is 4.22. The molecule has 2 aromatic rings. The predicted octanol–water partition coefficient (Wildman–Crippen LogP) is 2.77. The Kier molecular flexibility index (Phi) is 5.68. The number of amides is 1. The molecule has 9 heteroatoms. The second-order valence-electron chi connectivity index (χ2n) is 6.88. The number of hydrogen-bond donors (Lipinski definition) is 1. The number of hydrogen-bond acceptors (Lipinski definition) is 6. The molecule has 1 atom stereocenters. The van der Waals surface area contributed by atoms with Gasteiger partial charge in [-0.3, -0.25) is 9.52 Å². The highest BCUT2D eigenvalue weighted by molar-refractivity contribution is 7.94. The molecular formula is C19H22N2O5S2. The van der Waals surface area contributed by atoms with Gasteiger partial charge in [0.15, 0.2) is 6.29 Å². The van der Waals surface area contributed by atoms with Crippen molar-refractivity contribution < 1.29 is 22.7 Å². The standard InChI is InChI=1S/C19H22N2O5S2/c22-18(21-8-2-5-15(13-21)19-25-9-10-26-19)14-4-1-6-16(12-14)20-28(23,24)17-7-3-11-27-17/h1,3-4,6-7,11-12,15,19-20H,2,5,8-10,13H2. The summed E-state index contributed by atoms with van der Waals surface area (Å²) in [6, 6.07) is 9.84. The van der Waals surface area contributed by atoms with Crippen LogP contribution in [0.3, 0.4) is 0 Å². The number of nitrogens with zero attached hydrogens (tertiary/aromatic N) is 1. The molecule has 28 heavy (non-hydrogen) atoms. The van der Waals surface area contributed by atoms with Gasteiger partial charge in [0.05, 0.1) is 13.2 Å². The number of carbonyl (C=O) groups excluding carboxylic acids is 1. The zero-order chi connectivity index (χ0) is 19.6. The van der Waals surface area contributed by atoms with E-state index in [4.69, 9.17) is 9.47 Å². The first-order valence-corrected chi connectivity index (χ1v) is 11.6. The molecule has 1 aromatic heterocycles. The molecule has 3 heterocycles. The minimum Gasteiger partial charge on any atom is -0.350 e. The molecule has 7 nitrogen and oxygen atoms in total. The van der Waals surface area contributed by atoms with Crippen molar-refractivity contribution in [1.82, 2.24) is 4.90 Å². The number of piperidine rings is 1. The molecule has 1 aromatic carbocycles. The van der Waals surface area contributed by atoms with E-state index in [-0.39, 0.29) is 22.3 Å². The highest BCUT2D eigenvalue weighted by Crippen LogP contribution is 2.27. The molecular weight excluding hydrogens is 400 g/mol. The van der Waals surface area contributed by atoms with Crippen LogP contribution in [0.25, 0.3) is 0 Å². The van der Waals surface area contributed by atoms with Crippen molar-refractivity contribution in [1.29, 1.82) is 0 Å². The second kappa shape index (κ2) is 8.20. The molecule has 2 aliphatic heterocycles. The molecule has 150 valence electrons. The number of nitrogens with one attached hydrogen (secondary N) is 1. The number of ether oxygens (including phenoxy) is 2. The maximum Gasteiger partial charge on any atom is 0.271 e. The first-order valence-electron chi connectivity index (χ1n) is 9.22. The van der Waals surface area contributed by atoms with Crippen LogP contribution in [0.1, 0.15) is 23.2 Å². The Labute approximate surface area is 168 Å². The van der Waals surface area contributed by atoms with Gasteiger partial charge in [-0.1, -0.05) is 12.1 Å². The van der Waals surface area contributed by atoms with E-state index < -0.39 is 10.0 Å². The van der Waals surface area contributed by atoms with Crippen molar-refractivity contribution >= 4 is 33.0 Å². The van der Waals surface area contributed by atoms with Crippen LogP contribution in [0.2, 0.25) is 0 Å². The first kappa shape index (κ1) is 19.4. The molecule has 0 radical (unpaired) electrons. The zero-order valence-electron chi connectivity index (χ0n) is 15.2. The summed E-state index contributed by atoms with van der Waals surface area (Å²) in [7, 11) is -3.65. The van der Waals surface area contributed by atoms with Crippen molar-refractivity contribution in [2.24, 2.45) is 5.92 Å². The van der Waals surface area contributed by atoms with Crippen LogP contribution in [0, 0.1) is 5.92 Å². The average molecular weight is 423 g/mol. The fraction of sp³-hybridized carbons (Fsp3) is 0.421. The molecule has 1 amide bonds. The average Bonchev–Trinajstić information content (AvgIpc) is 3.41. The van der Waals surface area contributed by atoms with Crippen molar-refractivity contribution in [3.63, 3.8) is 0 Å². The Morgan fingerprint density at radius 1 is 1.18 bits per heavy atom. The summed E-state index contributed by atoms with van der Waals surface area (Å²) in [6.07, 6.45) is 1.62. The normalized spacial score (nSPS) is 21.0. The van der Waals surface area contributed by atoms with Gasteiger partial charge in [0.2, 0.25) is 0 Å². The first-order chi connectivity index (χ1) is 13.5. The summed E-state index contributed by atoms with van der Waals surface area (Å²) < 4.78 is 38.8. The lowest BCUT2D eigenvalue weighted by molar-refractivity contribution is -0.0969. The van der Waals surface area contributed by atoms with Crippen LogP contribution in [-0.2, 0) is 19.5 Å². The SMILES string of the molecule is O=C(c1cccc(NS(=O)(=O)c2cccs2)c1)N1CCCC(C2OCCO2)C1. The molecule has 0 saturated carbocycles. The van der Waals surface area contributed by atoms with E-state index in [2.05, 4.69) is 4.72 Å². The van der Waals surface area contributed by atoms with E-state index in [1.807, 2.05) is 0 Å². The summed E-state index contributed by atoms with van der Waals surface area (Å²) in [5, 5.41) is 1.71. The van der Waals surface area contributed by atoms with Gasteiger partial charge in [0, 0.05) is 30.3 Å². The van der Waals surface area contributed by atoms with Crippen molar-refractivity contribution in [3.8, 4) is 0 Å². The summed E-state index contributed by atoms with van der Waals surface area (Å²) in [5.74, 6) is 0.0561. The summed E-state index contributed by atoms with van der Waals surface area (Å²) in [6.45, 7) is 2.45. The number of benzene rings is 1. The van der Waals surface area contributed by atoms with E-state index in [0.717, 1.165) is 24.2 Å². The molecule has 0 spiro atoms. The number of thiophene rings is 1. The quantitative estimate of drug-likeness (QED) is 0.801. The Morgan fingerprint density at radius 2 is 2.00 bits per heavy atom. The molecule has 1 unspecified atom stereocenters. The number of anilines is 1. The molecule has 2 fully saturated rings. The van der Waals surface area contributed by atoms with Crippen LogP contribution in [0.15, 0.2) is 46.0 Å². The fourth-order valence-corrected chi connectivity index (χ4v) is 5.63. The van der Waals surface area contributed by atoms with Crippen molar-refractivity contribution in [3.05, 3.63) is 47.3 Å². The molecule has 0 bridgehead atoms. The van der Waals surface area contributed by atoms with E-state index in [1.165, 1.54) is 0 Å². The monoisotopic (exact) mass is 422 g/mol. The van der Waals surface area contributed by atoms with Crippen LogP contribution >= 0.6 is 11.3 Å². The van der Waals surface area contributed by atoms with E-state index in [9.17, 15) is 13.2 Å². The largest absolute Gasteiger partial charge is 0.350 e. The number of carbonyl (C=O) groups is 1. The summed E-state index contributed by atoms with van der Waals surface area (Å²) in [4.78, 5) is 14.8. The number of rotatable bonds is 5. The van der Waals surface area contributed by atoms with Gasteiger partial charge in [-0.15, -0.1) is 11.3 Å². The summed E-state index contributed by atoms with van der Waals surface area (Å²) in [5.41, 5.74) is 0.829. The number of likely N-dealkylation sites (tertiary alicyclic amines) is 1. The van der Waals surface area contributed by atoms with Crippen LogP contribution in [-0.4, -0.2) is 51.8 Å². The lowest BCUT2D eigenvalue weighted by atomic mass is 9.96. The van der Waals surface area contributed by atoms with Crippen molar-refractivity contribution in [2.45, 2.75) is 23.3 Å². The third-order valence-corrected chi connectivity index (χ3v) is 7.68. The maximum atomic E-state index is 13.0. The molecule has 2 aliphatic rings. The Bertz CT molecular complexity index is 924. The van der Waals surface area contributed by atoms with Gasteiger partial charge < -0.3 is 14.4 Å². The van der Waals surface area contributed by atoms with E-state index in [1.54, 1.807) is 46.7 Å². The predicted molar refractivity (Wildman–Crippen MR) is 106 cm³/mol. The maximum absolute atomic E-state index is 13.0. The fourth-order valence-electron chi connectivity index (χ4n) is 3.59. The third-order valence-electron chi connectivity index (χ3n) is 4.90. The summed E-state index contributed by atoms with van der Waals surface area (Å²) >= 11 is 1.15. The minimum atomic E-state index is -3.65. The van der Waals surface area contributed by atoms with Crippen LogP contribution < -0.4 is 4.72 Å². The van der Waals surface area contributed by atoms with E-state index >= 15 is 0 Å². The van der Waals surface area contributed by atoms with Crippen molar-refractivity contribution in [2.75, 3.05) is 31.0 Å². The molecule has 4 rings (SSSR count). The lowest BCUT2D eigenvalue weighted by Gasteiger charge is -2.34. The van der Waals surface area contributed by atoms with Gasteiger partial charge in [-0.25, -0.2) is 8.42 Å². The molecule has 1 N–H and O–H groups in total. The number of sulfonamides is 1. The van der Waals surface area contributed by atoms with Crippen LogP contribution in [0.4, 0.5) is 5.69 Å². The zero-order valence-corrected chi connectivity index (χ0v) is 16.9. The van der Waals surface area contributed by atoms with Crippen LogP contribution in [0.5, 0.6) is 0 Å². The van der Waals surface area contributed by atoms with Gasteiger partial charge in [-0.2, -0.15) is 0 Å². The van der Waals surface area contributed by atoms with Gasteiger partial charge >= 0.3 is 0 Å². The van der Waals surface area contributed by atoms with E-state index in [0.29, 0.717) is 37.6 Å². The highest BCUT2D eigenvalue weighted by atomic mass is 32.2. The molecule has 2 saturated heterocycles. The van der Waals surface area contributed by atoms with Gasteiger partial charge in [0.1, 0.15) is 4.21 Å². The minimum absolute atomic E-state index is 0.111. The highest BCUT2D eigenvalue weighted by Gasteiger charge is 2.33. The molecule has 0 aliphatic carbocycles. The Balaban J connectivity index is 1.47. The topological polar surface area (TPSA) is 84.9 Å². The Hall–Kier alpha value is -1.94. The van der Waals surface area contributed by atoms with Gasteiger partial charge in [0.25, 0.3) is 15.9 Å².